The Kier molecular flexibility index (Phi) is 8.49. The molecule has 10 nitrogen and oxygen atoms in total. The Morgan fingerprint density at radius 2 is 1.85 bits per heavy atom. The van der Waals surface area contributed by atoms with Crippen molar-refractivity contribution in [2.75, 3.05) is 30.1 Å². The largest absolute Gasteiger partial charge is 0.390 e. The zero-order valence-electron chi connectivity index (χ0n) is 23.8. The number of nitrogens with one attached hydrogen (secondary N) is 1. The summed E-state index contributed by atoms with van der Waals surface area (Å²) in [5.41, 5.74) is 1.33. The first kappa shape index (κ1) is 29.2. The van der Waals surface area contributed by atoms with Gasteiger partial charge in [0.2, 0.25) is 0 Å². The summed E-state index contributed by atoms with van der Waals surface area (Å²) in [6, 6.07) is 13.1. The Hall–Kier alpha value is -3.28. The van der Waals surface area contributed by atoms with Gasteiger partial charge >= 0.3 is 0 Å². The second-order valence-corrected chi connectivity index (χ2v) is 13.9. The number of aromatic nitrogens is 2. The number of rotatable bonds is 10. The summed E-state index contributed by atoms with van der Waals surface area (Å²) < 4.78 is 25.8. The number of aliphatic hydroxyl groups excluding tert-OH is 1. The molecule has 1 amide bonds. The third-order valence-corrected chi connectivity index (χ3v) is 8.96. The zero-order valence-corrected chi connectivity index (χ0v) is 24.6. The molecule has 2 fully saturated rings. The Morgan fingerprint density at radius 1 is 1.15 bits per heavy atom. The predicted octanol–water partition coefficient (Wildman–Crippen LogP) is 2.57. The van der Waals surface area contributed by atoms with Gasteiger partial charge in [0, 0.05) is 49.7 Å². The summed E-state index contributed by atoms with van der Waals surface area (Å²) in [6.45, 7) is 4.46. The number of carbonyl (C=O) groups excluding carboxylic acids is 1. The molecule has 2 aromatic heterocycles. The molecule has 3 atom stereocenters. The average Bonchev–Trinajstić information content (AvgIpc) is 3.13. The third-order valence-electron chi connectivity index (χ3n) is 8.18. The SMILES string of the molecule is CC(C)n1c(=O)c(C(=O)NC2C[C@@H]3CC[C@@H](C2)N3CC(O)CN(CS(C)(=O)=O)c2cccnc2)cc2ccccc21. The number of para-hydroxylation sites is 1. The van der Waals surface area contributed by atoms with Gasteiger partial charge in [-0.05, 0) is 69.2 Å². The maximum absolute atomic E-state index is 13.4. The van der Waals surface area contributed by atoms with Gasteiger partial charge in [0.15, 0.2) is 9.84 Å². The molecule has 1 aromatic carbocycles. The highest BCUT2D eigenvalue weighted by molar-refractivity contribution is 7.90. The lowest BCUT2D eigenvalue weighted by Gasteiger charge is -2.40. The molecule has 2 aliphatic heterocycles. The van der Waals surface area contributed by atoms with Crippen molar-refractivity contribution in [1.29, 1.82) is 0 Å². The summed E-state index contributed by atoms with van der Waals surface area (Å²) in [5.74, 6) is -0.551. The van der Waals surface area contributed by atoms with Crippen LogP contribution in [0.15, 0.2) is 59.7 Å². The van der Waals surface area contributed by atoms with E-state index in [0.29, 0.717) is 12.2 Å². The van der Waals surface area contributed by atoms with Crippen LogP contribution in [0.2, 0.25) is 0 Å². The number of nitrogens with zero attached hydrogens (tertiary/aromatic N) is 4. The predicted molar refractivity (Wildman–Crippen MR) is 160 cm³/mol. The number of carbonyl (C=O) groups is 1. The van der Waals surface area contributed by atoms with Crippen LogP contribution in [0.5, 0.6) is 0 Å². The van der Waals surface area contributed by atoms with Gasteiger partial charge in [-0.25, -0.2) is 8.42 Å². The zero-order chi connectivity index (χ0) is 29.3. The molecule has 220 valence electrons. The molecule has 4 heterocycles. The molecular formula is C30H39N5O5S. The number of sulfone groups is 1. The van der Waals surface area contributed by atoms with Crippen molar-refractivity contribution in [3.63, 3.8) is 0 Å². The number of aliphatic hydroxyl groups is 1. The summed E-state index contributed by atoms with van der Waals surface area (Å²) in [4.78, 5) is 34.7. The van der Waals surface area contributed by atoms with Crippen molar-refractivity contribution in [3.8, 4) is 0 Å². The molecule has 3 aromatic rings. The molecule has 1 unspecified atom stereocenters. The third kappa shape index (κ3) is 6.63. The Balaban J connectivity index is 1.25. The summed E-state index contributed by atoms with van der Waals surface area (Å²) in [6.07, 6.45) is 7.04. The summed E-state index contributed by atoms with van der Waals surface area (Å²) >= 11 is 0. The van der Waals surface area contributed by atoms with Gasteiger partial charge in [-0.2, -0.15) is 0 Å². The standard InChI is InChI=1S/C30H39N5O5S/c1-20(2)35-28-9-5-4-7-21(28)13-27(30(35)38)29(37)32-22-14-23-10-11-24(15-22)34(23)18-26(36)17-33(19-41(3,39)40)25-8-6-12-31-16-25/h4-9,12-13,16,20,22-24,26,36H,10-11,14-15,17-19H2,1-3H3,(H,32,37)/t23-,24-,26?/m0/s1. The lowest BCUT2D eigenvalue weighted by Crippen LogP contribution is -2.53. The molecule has 0 radical (unpaired) electrons. The quantitative estimate of drug-likeness (QED) is 0.374. The van der Waals surface area contributed by atoms with Crippen LogP contribution in [0, 0.1) is 0 Å². The molecule has 2 saturated heterocycles. The smallest absolute Gasteiger partial charge is 0.264 e. The van der Waals surface area contributed by atoms with Crippen LogP contribution in [0.4, 0.5) is 5.69 Å². The molecule has 0 aliphatic carbocycles. The van der Waals surface area contributed by atoms with E-state index in [4.69, 9.17) is 0 Å². The van der Waals surface area contributed by atoms with E-state index >= 15 is 0 Å². The molecule has 5 rings (SSSR count). The van der Waals surface area contributed by atoms with Crippen LogP contribution in [0.25, 0.3) is 10.9 Å². The normalized spacial score (nSPS) is 21.7. The number of piperidine rings is 1. The van der Waals surface area contributed by atoms with Gasteiger partial charge in [0.1, 0.15) is 11.4 Å². The second-order valence-electron chi connectivity index (χ2n) is 11.8. The highest BCUT2D eigenvalue weighted by Crippen LogP contribution is 2.36. The minimum absolute atomic E-state index is 0.0658. The number of benzene rings is 1. The van der Waals surface area contributed by atoms with Crippen molar-refractivity contribution in [1.82, 2.24) is 19.8 Å². The van der Waals surface area contributed by atoms with Crippen molar-refractivity contribution < 1.29 is 18.3 Å². The highest BCUT2D eigenvalue weighted by atomic mass is 32.2. The van der Waals surface area contributed by atoms with E-state index in [1.807, 2.05) is 38.1 Å². The van der Waals surface area contributed by atoms with Crippen LogP contribution in [0.1, 0.15) is 55.9 Å². The number of hydrogen-bond acceptors (Lipinski definition) is 8. The van der Waals surface area contributed by atoms with Crippen LogP contribution in [-0.4, -0.2) is 83.3 Å². The number of hydrogen-bond donors (Lipinski definition) is 2. The Morgan fingerprint density at radius 3 is 2.49 bits per heavy atom. The Labute approximate surface area is 240 Å². The fourth-order valence-corrected chi connectivity index (χ4v) is 7.35. The van der Waals surface area contributed by atoms with Crippen molar-refractivity contribution in [2.24, 2.45) is 0 Å². The number of fused-ring (bicyclic) bond motifs is 3. The maximum atomic E-state index is 13.4. The highest BCUT2D eigenvalue weighted by Gasteiger charge is 2.42. The van der Waals surface area contributed by atoms with E-state index in [1.165, 1.54) is 6.26 Å². The van der Waals surface area contributed by atoms with Gasteiger partial charge in [-0.1, -0.05) is 18.2 Å². The van der Waals surface area contributed by atoms with Gasteiger partial charge in [-0.3, -0.25) is 19.5 Å². The number of pyridine rings is 2. The van der Waals surface area contributed by atoms with E-state index in [-0.39, 0.29) is 53.6 Å². The van der Waals surface area contributed by atoms with Crippen LogP contribution in [0.3, 0.4) is 0 Å². The van der Waals surface area contributed by atoms with Crippen LogP contribution < -0.4 is 15.8 Å². The lowest BCUT2D eigenvalue weighted by atomic mass is 9.96. The molecular weight excluding hydrogens is 542 g/mol. The monoisotopic (exact) mass is 581 g/mol. The topological polar surface area (TPSA) is 125 Å². The van der Waals surface area contributed by atoms with Crippen molar-refractivity contribution >= 4 is 32.3 Å². The molecule has 41 heavy (non-hydrogen) atoms. The number of amides is 1. The summed E-state index contributed by atoms with van der Waals surface area (Å²) in [7, 11) is -3.31. The fourth-order valence-electron chi connectivity index (χ4n) is 6.53. The van der Waals surface area contributed by atoms with Crippen LogP contribution >= 0.6 is 0 Å². The maximum Gasteiger partial charge on any atom is 0.264 e. The number of anilines is 1. The fraction of sp³-hybridized carbons (Fsp3) is 0.500. The van der Waals surface area contributed by atoms with E-state index in [0.717, 1.165) is 36.6 Å². The molecule has 2 bridgehead atoms. The van der Waals surface area contributed by atoms with Gasteiger partial charge in [0.05, 0.1) is 23.5 Å². The van der Waals surface area contributed by atoms with Gasteiger partial charge < -0.3 is 19.9 Å². The molecule has 0 spiro atoms. The second kappa shape index (κ2) is 11.9. The molecule has 0 saturated carbocycles. The molecule has 11 heteroatoms. The molecule has 2 aliphatic rings. The van der Waals surface area contributed by atoms with Crippen LogP contribution in [-0.2, 0) is 9.84 Å². The first-order valence-electron chi connectivity index (χ1n) is 14.2. The average molecular weight is 582 g/mol. The van der Waals surface area contributed by atoms with Gasteiger partial charge in [0.25, 0.3) is 11.5 Å². The first-order valence-corrected chi connectivity index (χ1v) is 16.3. The lowest BCUT2D eigenvalue weighted by molar-refractivity contribution is 0.0530. The minimum Gasteiger partial charge on any atom is -0.390 e. The minimum atomic E-state index is -3.31. The van der Waals surface area contributed by atoms with Crippen molar-refractivity contribution in [3.05, 3.63) is 70.8 Å². The van der Waals surface area contributed by atoms with E-state index in [2.05, 4.69) is 15.2 Å². The summed E-state index contributed by atoms with van der Waals surface area (Å²) in [5, 5.41) is 15.0. The first-order chi connectivity index (χ1) is 19.5. The van der Waals surface area contributed by atoms with Crippen molar-refractivity contribution in [2.45, 2.75) is 69.8 Å². The van der Waals surface area contributed by atoms with E-state index in [1.54, 1.807) is 40.1 Å². The Bertz CT molecular complexity index is 1540. The van der Waals surface area contributed by atoms with E-state index < -0.39 is 15.9 Å². The van der Waals surface area contributed by atoms with Gasteiger partial charge in [-0.15, -0.1) is 0 Å². The van der Waals surface area contributed by atoms with E-state index in [9.17, 15) is 23.1 Å². The molecule has 2 N–H and O–H groups in total.